The van der Waals surface area contributed by atoms with Crippen LogP contribution in [0.5, 0.6) is 0 Å². The molecule has 0 bridgehead atoms. The standard InChI is InChI=1S/C13H14N4O2/c1-10-7-14-17(8-10)9-12(18)15-16-13(19)11-5-3-2-4-6-11/h2-8H,9H2,1H3,(H,15,18)(H,16,19). The Morgan fingerprint density at radius 3 is 2.58 bits per heavy atom. The van der Waals surface area contributed by atoms with Crippen LogP contribution in [0.25, 0.3) is 0 Å². The minimum atomic E-state index is -0.356. The first-order valence-corrected chi connectivity index (χ1v) is 5.78. The van der Waals surface area contributed by atoms with E-state index in [9.17, 15) is 9.59 Å². The summed E-state index contributed by atoms with van der Waals surface area (Å²) in [6, 6.07) is 8.65. The molecule has 2 N–H and O–H groups in total. The fraction of sp³-hybridized carbons (Fsp3) is 0.154. The Hall–Kier alpha value is -2.63. The van der Waals surface area contributed by atoms with Crippen LogP contribution in [0.1, 0.15) is 15.9 Å². The van der Waals surface area contributed by atoms with Gasteiger partial charge in [-0.15, -0.1) is 0 Å². The fourth-order valence-corrected chi connectivity index (χ4v) is 1.53. The molecule has 0 fully saturated rings. The number of carbonyl (C=O) groups excluding carboxylic acids is 2. The van der Waals surface area contributed by atoms with Crippen LogP contribution in [-0.2, 0) is 11.3 Å². The molecule has 98 valence electrons. The fourth-order valence-electron chi connectivity index (χ4n) is 1.53. The summed E-state index contributed by atoms with van der Waals surface area (Å²) in [4.78, 5) is 23.2. The van der Waals surface area contributed by atoms with Gasteiger partial charge in [0.05, 0.1) is 6.20 Å². The van der Waals surface area contributed by atoms with E-state index in [0.29, 0.717) is 5.56 Å². The second kappa shape index (κ2) is 5.81. The lowest BCUT2D eigenvalue weighted by atomic mass is 10.2. The average molecular weight is 258 g/mol. The maximum absolute atomic E-state index is 11.7. The summed E-state index contributed by atoms with van der Waals surface area (Å²) >= 11 is 0. The largest absolute Gasteiger partial charge is 0.271 e. The van der Waals surface area contributed by atoms with Crippen LogP contribution in [-0.4, -0.2) is 21.6 Å². The Morgan fingerprint density at radius 1 is 1.21 bits per heavy atom. The molecule has 0 aliphatic carbocycles. The van der Waals surface area contributed by atoms with Gasteiger partial charge in [0.1, 0.15) is 6.54 Å². The van der Waals surface area contributed by atoms with E-state index in [1.807, 2.05) is 13.0 Å². The molecule has 0 aliphatic rings. The van der Waals surface area contributed by atoms with Crippen LogP contribution >= 0.6 is 0 Å². The highest BCUT2D eigenvalue weighted by Gasteiger charge is 2.07. The maximum Gasteiger partial charge on any atom is 0.269 e. The third-order valence-electron chi connectivity index (χ3n) is 2.42. The summed E-state index contributed by atoms with van der Waals surface area (Å²) in [6.07, 6.45) is 3.41. The van der Waals surface area contributed by atoms with Crippen LogP contribution < -0.4 is 10.9 Å². The molecule has 0 saturated carbocycles. The topological polar surface area (TPSA) is 76.0 Å². The van der Waals surface area contributed by atoms with Crippen molar-refractivity contribution in [2.75, 3.05) is 0 Å². The van der Waals surface area contributed by atoms with E-state index in [-0.39, 0.29) is 18.4 Å². The summed E-state index contributed by atoms with van der Waals surface area (Å²) < 4.78 is 1.50. The van der Waals surface area contributed by atoms with Gasteiger partial charge >= 0.3 is 0 Å². The maximum atomic E-state index is 11.7. The van der Waals surface area contributed by atoms with Crippen LogP contribution in [0.4, 0.5) is 0 Å². The monoisotopic (exact) mass is 258 g/mol. The minimum absolute atomic E-state index is 0.0584. The predicted molar refractivity (Wildman–Crippen MR) is 69.0 cm³/mol. The van der Waals surface area contributed by atoms with Crippen molar-refractivity contribution in [3.8, 4) is 0 Å². The molecule has 1 aromatic carbocycles. The molecule has 19 heavy (non-hydrogen) atoms. The van der Waals surface area contributed by atoms with E-state index in [4.69, 9.17) is 0 Å². The molecule has 0 radical (unpaired) electrons. The first-order valence-electron chi connectivity index (χ1n) is 5.78. The molecule has 2 amide bonds. The van der Waals surface area contributed by atoms with Crippen LogP contribution in [0, 0.1) is 6.92 Å². The Balaban J connectivity index is 1.82. The predicted octanol–water partition coefficient (Wildman–Crippen LogP) is 0.653. The first-order chi connectivity index (χ1) is 9.15. The highest BCUT2D eigenvalue weighted by atomic mass is 16.2. The zero-order valence-corrected chi connectivity index (χ0v) is 10.5. The summed E-state index contributed by atoms with van der Waals surface area (Å²) in [6.45, 7) is 1.95. The molecule has 0 atom stereocenters. The SMILES string of the molecule is Cc1cnn(CC(=O)NNC(=O)c2ccccc2)c1. The van der Waals surface area contributed by atoms with Crippen molar-refractivity contribution in [1.82, 2.24) is 20.6 Å². The van der Waals surface area contributed by atoms with Crippen molar-refractivity contribution in [1.29, 1.82) is 0 Å². The number of amides is 2. The zero-order chi connectivity index (χ0) is 13.7. The number of aryl methyl sites for hydroxylation is 1. The number of rotatable bonds is 3. The molecular weight excluding hydrogens is 244 g/mol. The molecular formula is C13H14N4O2. The van der Waals surface area contributed by atoms with Gasteiger partial charge < -0.3 is 0 Å². The van der Waals surface area contributed by atoms with Gasteiger partial charge in [-0.3, -0.25) is 25.1 Å². The number of hydrazine groups is 1. The van der Waals surface area contributed by atoms with Crippen molar-refractivity contribution < 1.29 is 9.59 Å². The third kappa shape index (κ3) is 3.67. The smallest absolute Gasteiger partial charge is 0.269 e. The van der Waals surface area contributed by atoms with Crippen molar-refractivity contribution >= 4 is 11.8 Å². The molecule has 1 aromatic heterocycles. The van der Waals surface area contributed by atoms with E-state index in [2.05, 4.69) is 16.0 Å². The molecule has 6 heteroatoms. The number of hydrogen-bond acceptors (Lipinski definition) is 3. The Kier molecular flexibility index (Phi) is 3.92. The van der Waals surface area contributed by atoms with Gasteiger partial charge in [0, 0.05) is 11.8 Å². The van der Waals surface area contributed by atoms with Crippen molar-refractivity contribution in [2.45, 2.75) is 13.5 Å². The van der Waals surface area contributed by atoms with Crippen molar-refractivity contribution in [3.05, 3.63) is 53.9 Å². The molecule has 2 rings (SSSR count). The molecule has 6 nitrogen and oxygen atoms in total. The van der Waals surface area contributed by atoms with Crippen molar-refractivity contribution in [2.24, 2.45) is 0 Å². The van der Waals surface area contributed by atoms with E-state index in [1.165, 1.54) is 4.68 Å². The highest BCUT2D eigenvalue weighted by Crippen LogP contribution is 1.97. The average Bonchev–Trinajstić information content (AvgIpc) is 2.82. The van der Waals surface area contributed by atoms with E-state index < -0.39 is 0 Å². The lowest BCUT2D eigenvalue weighted by molar-refractivity contribution is -0.122. The second-order valence-electron chi connectivity index (χ2n) is 4.08. The number of nitrogens with one attached hydrogen (secondary N) is 2. The van der Waals surface area contributed by atoms with Crippen LogP contribution in [0.3, 0.4) is 0 Å². The van der Waals surface area contributed by atoms with Gasteiger partial charge in [-0.25, -0.2) is 0 Å². The number of benzene rings is 1. The van der Waals surface area contributed by atoms with Crippen LogP contribution in [0.15, 0.2) is 42.7 Å². The normalized spacial score (nSPS) is 9.95. The van der Waals surface area contributed by atoms with E-state index in [0.717, 1.165) is 5.56 Å². The summed E-state index contributed by atoms with van der Waals surface area (Å²) in [5, 5.41) is 3.98. The van der Waals surface area contributed by atoms with Gasteiger partial charge in [-0.05, 0) is 24.6 Å². The van der Waals surface area contributed by atoms with E-state index >= 15 is 0 Å². The summed E-state index contributed by atoms with van der Waals surface area (Å²) in [5.74, 6) is -0.696. The zero-order valence-electron chi connectivity index (χ0n) is 10.5. The first kappa shape index (κ1) is 12.8. The number of hydrogen-bond donors (Lipinski definition) is 2. The lowest BCUT2D eigenvalue weighted by Crippen LogP contribution is -2.43. The van der Waals surface area contributed by atoms with Crippen molar-refractivity contribution in [3.63, 3.8) is 0 Å². The Labute approximate surface area is 110 Å². The number of aromatic nitrogens is 2. The quantitative estimate of drug-likeness (QED) is 0.794. The second-order valence-corrected chi connectivity index (χ2v) is 4.08. The van der Waals surface area contributed by atoms with Crippen LogP contribution in [0.2, 0.25) is 0 Å². The molecule has 1 heterocycles. The Morgan fingerprint density at radius 2 is 1.95 bits per heavy atom. The van der Waals surface area contributed by atoms with Gasteiger partial charge in [0.15, 0.2) is 0 Å². The van der Waals surface area contributed by atoms with E-state index in [1.54, 1.807) is 36.7 Å². The Bertz CT molecular complexity index is 577. The summed E-state index contributed by atoms with van der Waals surface area (Å²) in [5.41, 5.74) is 6.14. The molecule has 0 saturated heterocycles. The number of carbonyl (C=O) groups is 2. The van der Waals surface area contributed by atoms with Gasteiger partial charge in [-0.2, -0.15) is 5.10 Å². The minimum Gasteiger partial charge on any atom is -0.271 e. The molecule has 0 unspecified atom stereocenters. The number of nitrogens with zero attached hydrogens (tertiary/aromatic N) is 2. The van der Waals surface area contributed by atoms with Gasteiger partial charge in [0.2, 0.25) is 0 Å². The lowest BCUT2D eigenvalue weighted by Gasteiger charge is -2.07. The summed E-state index contributed by atoms with van der Waals surface area (Å²) in [7, 11) is 0. The molecule has 0 aliphatic heterocycles. The van der Waals surface area contributed by atoms with Gasteiger partial charge in [-0.1, -0.05) is 18.2 Å². The highest BCUT2D eigenvalue weighted by molar-refractivity contribution is 5.95. The molecule has 0 spiro atoms. The molecule has 2 aromatic rings. The third-order valence-corrected chi connectivity index (χ3v) is 2.42. The van der Waals surface area contributed by atoms with Gasteiger partial charge in [0.25, 0.3) is 11.8 Å².